The molecule has 0 radical (unpaired) electrons. The number of carbonyl (C=O) groups is 1. The van der Waals surface area contributed by atoms with E-state index in [1.54, 1.807) is 34.2 Å². The molecule has 0 saturated carbocycles. The van der Waals surface area contributed by atoms with Gasteiger partial charge in [0.2, 0.25) is 5.95 Å². The summed E-state index contributed by atoms with van der Waals surface area (Å²) in [5.74, 6) is 1.21. The maximum atomic E-state index is 13.3. The number of hydrogen-bond donors (Lipinski definition) is 1. The van der Waals surface area contributed by atoms with Crippen LogP contribution in [0.2, 0.25) is 0 Å². The van der Waals surface area contributed by atoms with E-state index < -0.39 is 17.8 Å². The summed E-state index contributed by atoms with van der Waals surface area (Å²) in [7, 11) is 3.67. The number of rotatable bonds is 3. The molecule has 1 fully saturated rings. The number of fused-ring (bicyclic) bond motifs is 4. The number of amides is 2. The van der Waals surface area contributed by atoms with Crippen molar-refractivity contribution < 1.29 is 18.0 Å². The largest absolute Gasteiger partial charge is 0.416 e. The predicted octanol–water partition coefficient (Wildman–Crippen LogP) is 4.25. The zero-order chi connectivity index (χ0) is 24.0. The Labute approximate surface area is 194 Å². The number of aromatic nitrogens is 3. The molecule has 3 aromatic rings. The minimum Gasteiger partial charge on any atom is -0.366 e. The Kier molecular flexibility index (Phi) is 5.26. The van der Waals surface area contributed by atoms with Gasteiger partial charge in [-0.2, -0.15) is 18.2 Å². The first-order chi connectivity index (χ1) is 16.2. The topological polar surface area (TPSA) is 77.5 Å². The van der Waals surface area contributed by atoms with Crippen LogP contribution in [0, 0.1) is 0 Å². The zero-order valence-corrected chi connectivity index (χ0v) is 18.5. The van der Waals surface area contributed by atoms with Crippen molar-refractivity contribution in [2.24, 2.45) is 0 Å². The molecule has 2 bridgehead atoms. The van der Waals surface area contributed by atoms with E-state index in [0.717, 1.165) is 30.8 Å². The Balaban J connectivity index is 1.50. The molecule has 1 saturated heterocycles. The van der Waals surface area contributed by atoms with E-state index in [2.05, 4.69) is 25.2 Å². The first kappa shape index (κ1) is 21.9. The molecule has 0 aliphatic carbocycles. The van der Waals surface area contributed by atoms with Gasteiger partial charge >= 0.3 is 12.2 Å². The SMILES string of the molecule is CN(C)c1ccnc(NC(=O)N2c3nc(-c4cccc(C(F)(F)F)c4)ccc3N3CC[C@H]2C3)n1. The Hall–Kier alpha value is -3.89. The Morgan fingerprint density at radius 2 is 1.97 bits per heavy atom. The molecule has 2 amide bonds. The molecule has 8 nitrogen and oxygen atoms in total. The van der Waals surface area contributed by atoms with Crippen LogP contribution in [0.3, 0.4) is 0 Å². The first-order valence-corrected chi connectivity index (χ1v) is 10.7. The van der Waals surface area contributed by atoms with Crippen LogP contribution in [0.15, 0.2) is 48.7 Å². The Morgan fingerprint density at radius 1 is 1.15 bits per heavy atom. The molecule has 1 N–H and O–H groups in total. The summed E-state index contributed by atoms with van der Waals surface area (Å²) in [5, 5.41) is 2.75. The van der Waals surface area contributed by atoms with Crippen molar-refractivity contribution >= 4 is 29.3 Å². The fourth-order valence-corrected chi connectivity index (χ4v) is 4.30. The number of halogens is 3. The van der Waals surface area contributed by atoms with E-state index in [4.69, 9.17) is 0 Å². The molecule has 2 aliphatic rings. The molecule has 34 heavy (non-hydrogen) atoms. The Morgan fingerprint density at radius 3 is 2.74 bits per heavy atom. The molecule has 4 heterocycles. The highest BCUT2D eigenvalue weighted by molar-refractivity contribution is 6.04. The van der Waals surface area contributed by atoms with E-state index in [1.165, 1.54) is 6.07 Å². The fraction of sp³-hybridized carbons (Fsp3) is 0.304. The summed E-state index contributed by atoms with van der Waals surface area (Å²) in [5.41, 5.74) is 0.701. The average Bonchev–Trinajstić information content (AvgIpc) is 3.22. The van der Waals surface area contributed by atoms with Gasteiger partial charge in [0.15, 0.2) is 5.82 Å². The smallest absolute Gasteiger partial charge is 0.366 e. The number of hydrogen-bond acceptors (Lipinski definition) is 6. The maximum Gasteiger partial charge on any atom is 0.416 e. The third kappa shape index (κ3) is 3.97. The van der Waals surface area contributed by atoms with Crippen LogP contribution in [0.25, 0.3) is 11.3 Å². The minimum atomic E-state index is -4.46. The number of alkyl halides is 3. The number of nitrogens with zero attached hydrogens (tertiary/aromatic N) is 6. The number of carbonyl (C=O) groups excluding carboxylic acids is 1. The highest BCUT2D eigenvalue weighted by atomic mass is 19.4. The van der Waals surface area contributed by atoms with Crippen molar-refractivity contribution in [3.8, 4) is 11.3 Å². The van der Waals surface area contributed by atoms with Crippen molar-refractivity contribution in [1.29, 1.82) is 0 Å². The first-order valence-electron chi connectivity index (χ1n) is 10.7. The fourth-order valence-electron chi connectivity index (χ4n) is 4.30. The second kappa shape index (κ2) is 8.15. The second-order valence-electron chi connectivity index (χ2n) is 8.44. The molecule has 176 valence electrons. The van der Waals surface area contributed by atoms with E-state index in [9.17, 15) is 18.0 Å². The lowest BCUT2D eigenvalue weighted by Crippen LogP contribution is -2.48. The van der Waals surface area contributed by atoms with Gasteiger partial charge in [0.25, 0.3) is 0 Å². The maximum absolute atomic E-state index is 13.3. The summed E-state index contributed by atoms with van der Waals surface area (Å²) in [4.78, 5) is 32.0. The highest BCUT2D eigenvalue weighted by Crippen LogP contribution is 2.41. The molecule has 2 aromatic heterocycles. The number of urea groups is 1. The van der Waals surface area contributed by atoms with Gasteiger partial charge in [-0.05, 0) is 36.8 Å². The van der Waals surface area contributed by atoms with Crippen molar-refractivity contribution in [2.75, 3.05) is 47.2 Å². The van der Waals surface area contributed by atoms with Gasteiger partial charge in [0, 0.05) is 38.9 Å². The van der Waals surface area contributed by atoms with Crippen LogP contribution < -0.4 is 20.0 Å². The van der Waals surface area contributed by atoms with Crippen LogP contribution in [0.5, 0.6) is 0 Å². The minimum absolute atomic E-state index is 0.117. The van der Waals surface area contributed by atoms with E-state index in [-0.39, 0.29) is 12.0 Å². The van der Waals surface area contributed by atoms with Crippen LogP contribution in [0.4, 0.5) is 41.2 Å². The standard InChI is InChI=1S/C23H22F3N7O/c1-31(2)19-8-10-27-21(29-19)30-22(34)33-16-9-11-32(13-16)18-7-6-17(28-20(18)33)14-4-3-5-15(12-14)23(24,25)26/h3-8,10,12,16H,9,11,13H2,1-2H3,(H,27,29,30,34)/t16-/m0/s1. The van der Waals surface area contributed by atoms with Crippen molar-refractivity contribution in [3.63, 3.8) is 0 Å². The van der Waals surface area contributed by atoms with Crippen LogP contribution in [-0.2, 0) is 6.18 Å². The van der Waals surface area contributed by atoms with Crippen molar-refractivity contribution in [1.82, 2.24) is 15.0 Å². The lowest BCUT2D eigenvalue weighted by Gasteiger charge is -2.35. The summed E-state index contributed by atoms with van der Waals surface area (Å²) in [6, 6.07) is 9.69. The molecular formula is C23H22F3N7O. The number of pyridine rings is 1. The van der Waals surface area contributed by atoms with Crippen LogP contribution in [0.1, 0.15) is 12.0 Å². The van der Waals surface area contributed by atoms with Crippen LogP contribution in [-0.4, -0.2) is 54.2 Å². The molecule has 1 atom stereocenters. The van der Waals surface area contributed by atoms with E-state index >= 15 is 0 Å². The Bertz CT molecular complexity index is 1250. The van der Waals surface area contributed by atoms with E-state index in [0.29, 0.717) is 29.4 Å². The van der Waals surface area contributed by atoms with Gasteiger partial charge in [0.05, 0.1) is 23.0 Å². The number of anilines is 4. The molecule has 5 rings (SSSR count). The molecule has 2 aliphatic heterocycles. The average molecular weight is 469 g/mol. The van der Waals surface area contributed by atoms with Gasteiger partial charge < -0.3 is 9.80 Å². The molecular weight excluding hydrogens is 447 g/mol. The van der Waals surface area contributed by atoms with Gasteiger partial charge in [-0.15, -0.1) is 0 Å². The van der Waals surface area contributed by atoms with Crippen molar-refractivity contribution in [2.45, 2.75) is 18.6 Å². The van der Waals surface area contributed by atoms with Gasteiger partial charge in [-0.3, -0.25) is 10.2 Å². The van der Waals surface area contributed by atoms with Crippen LogP contribution >= 0.6 is 0 Å². The highest BCUT2D eigenvalue weighted by Gasteiger charge is 2.40. The number of benzene rings is 1. The third-order valence-electron chi connectivity index (χ3n) is 5.97. The van der Waals surface area contributed by atoms with Gasteiger partial charge in [0.1, 0.15) is 5.82 Å². The summed E-state index contributed by atoms with van der Waals surface area (Å²) in [6.07, 6.45) is -2.15. The van der Waals surface area contributed by atoms with Crippen molar-refractivity contribution in [3.05, 3.63) is 54.2 Å². The molecule has 11 heteroatoms. The van der Waals surface area contributed by atoms with Gasteiger partial charge in [-0.1, -0.05) is 12.1 Å². The molecule has 1 aromatic carbocycles. The lowest BCUT2D eigenvalue weighted by molar-refractivity contribution is -0.137. The molecule has 0 spiro atoms. The summed E-state index contributed by atoms with van der Waals surface area (Å²) in [6.45, 7) is 1.42. The normalized spacial score (nSPS) is 16.9. The molecule has 0 unspecified atom stereocenters. The van der Waals surface area contributed by atoms with Gasteiger partial charge in [-0.25, -0.2) is 14.8 Å². The number of nitrogens with one attached hydrogen (secondary N) is 1. The third-order valence-corrected chi connectivity index (χ3v) is 5.97. The lowest BCUT2D eigenvalue weighted by atomic mass is 10.1. The monoisotopic (exact) mass is 469 g/mol. The quantitative estimate of drug-likeness (QED) is 0.618. The second-order valence-corrected chi connectivity index (χ2v) is 8.44. The predicted molar refractivity (Wildman–Crippen MR) is 123 cm³/mol. The summed E-state index contributed by atoms with van der Waals surface area (Å²) >= 11 is 0. The van der Waals surface area contributed by atoms with E-state index in [1.807, 2.05) is 20.2 Å². The zero-order valence-electron chi connectivity index (χ0n) is 18.5. The summed E-state index contributed by atoms with van der Waals surface area (Å²) < 4.78 is 39.7.